The van der Waals surface area contributed by atoms with Crippen LogP contribution in [0.4, 0.5) is 5.69 Å². The van der Waals surface area contributed by atoms with E-state index in [0.29, 0.717) is 35.6 Å². The van der Waals surface area contributed by atoms with E-state index in [0.717, 1.165) is 30.6 Å². The maximum Gasteiger partial charge on any atom is 0.257 e. The van der Waals surface area contributed by atoms with Crippen molar-refractivity contribution >= 4 is 17.5 Å². The van der Waals surface area contributed by atoms with E-state index in [-0.39, 0.29) is 18.0 Å². The highest BCUT2D eigenvalue weighted by molar-refractivity contribution is 6.04. The van der Waals surface area contributed by atoms with E-state index >= 15 is 0 Å². The summed E-state index contributed by atoms with van der Waals surface area (Å²) in [4.78, 5) is 29.5. The van der Waals surface area contributed by atoms with Crippen LogP contribution in [0.3, 0.4) is 0 Å². The van der Waals surface area contributed by atoms with Crippen molar-refractivity contribution in [3.8, 4) is 11.5 Å². The van der Waals surface area contributed by atoms with Crippen LogP contribution in [0.2, 0.25) is 0 Å². The van der Waals surface area contributed by atoms with Crippen LogP contribution >= 0.6 is 0 Å². The summed E-state index contributed by atoms with van der Waals surface area (Å²) in [6.07, 6.45) is 2.74. The fraction of sp³-hybridized carbons (Fsp3) is 0.391. The molecule has 0 saturated carbocycles. The number of hydrogen-bond acceptors (Lipinski definition) is 5. The average molecular weight is 409 g/mol. The van der Waals surface area contributed by atoms with Gasteiger partial charge in [-0.05, 0) is 55.2 Å². The quantitative estimate of drug-likeness (QED) is 0.794. The van der Waals surface area contributed by atoms with E-state index in [2.05, 4.69) is 10.2 Å². The lowest BCUT2D eigenvalue weighted by Gasteiger charge is -2.40. The average Bonchev–Trinajstić information content (AvgIpc) is 3.27. The number of nitrogens with one attached hydrogen (secondary N) is 1. The third-order valence-electron chi connectivity index (χ3n) is 5.95. The minimum absolute atomic E-state index is 0.0611. The number of anilines is 1. The van der Waals surface area contributed by atoms with Crippen LogP contribution in [-0.2, 0) is 6.42 Å². The number of carbonyl (C=O) groups excluding carboxylic acids is 2. The lowest BCUT2D eigenvalue weighted by Crippen LogP contribution is -2.50. The minimum Gasteiger partial charge on any atom is -0.493 e. The summed E-state index contributed by atoms with van der Waals surface area (Å²) in [6.45, 7) is 1.29. The smallest absolute Gasteiger partial charge is 0.257 e. The number of hydrogen-bond donors (Lipinski definition) is 1. The Hall–Kier alpha value is -3.22. The Morgan fingerprint density at radius 3 is 2.70 bits per heavy atom. The molecule has 1 N–H and O–H groups in total. The fourth-order valence-corrected chi connectivity index (χ4v) is 4.31. The highest BCUT2D eigenvalue weighted by Crippen LogP contribution is 2.35. The monoisotopic (exact) mass is 409 g/mol. The maximum atomic E-state index is 12.7. The molecule has 0 bridgehead atoms. The van der Waals surface area contributed by atoms with E-state index in [1.165, 1.54) is 0 Å². The van der Waals surface area contributed by atoms with Gasteiger partial charge < -0.3 is 24.6 Å². The van der Waals surface area contributed by atoms with Crippen molar-refractivity contribution in [1.82, 2.24) is 10.2 Å². The molecule has 30 heavy (non-hydrogen) atoms. The molecule has 0 aliphatic carbocycles. The first-order chi connectivity index (χ1) is 14.5. The zero-order chi connectivity index (χ0) is 21.3. The molecule has 2 amide bonds. The molecule has 0 unspecified atom stereocenters. The molecular weight excluding hydrogens is 382 g/mol. The number of ether oxygens (including phenoxy) is 2. The molecule has 2 aliphatic rings. The summed E-state index contributed by atoms with van der Waals surface area (Å²) < 4.78 is 10.6. The number of nitrogens with zero attached hydrogens (tertiary/aromatic N) is 2. The van der Waals surface area contributed by atoms with Gasteiger partial charge in [-0.3, -0.25) is 9.59 Å². The molecule has 1 atom stereocenters. The van der Waals surface area contributed by atoms with E-state index < -0.39 is 0 Å². The van der Waals surface area contributed by atoms with Crippen LogP contribution in [0.5, 0.6) is 11.5 Å². The zero-order valence-electron chi connectivity index (χ0n) is 17.6. The molecule has 7 nitrogen and oxygen atoms in total. The predicted octanol–water partition coefficient (Wildman–Crippen LogP) is 2.69. The van der Waals surface area contributed by atoms with Crippen molar-refractivity contribution in [3.05, 3.63) is 53.1 Å². The van der Waals surface area contributed by atoms with Crippen LogP contribution in [0.15, 0.2) is 36.4 Å². The molecule has 1 fully saturated rings. The molecule has 0 spiro atoms. The Labute approximate surface area is 176 Å². The van der Waals surface area contributed by atoms with Crippen LogP contribution in [-0.4, -0.2) is 57.2 Å². The molecular formula is C23H27N3O4. The van der Waals surface area contributed by atoms with Crippen molar-refractivity contribution in [2.24, 2.45) is 0 Å². The van der Waals surface area contributed by atoms with Crippen LogP contribution < -0.4 is 19.7 Å². The molecule has 7 heteroatoms. The van der Waals surface area contributed by atoms with E-state index in [4.69, 9.17) is 9.47 Å². The number of amides is 2. The van der Waals surface area contributed by atoms with Gasteiger partial charge in [-0.1, -0.05) is 6.07 Å². The first kappa shape index (κ1) is 20.1. The molecule has 2 aromatic carbocycles. The van der Waals surface area contributed by atoms with Gasteiger partial charge in [-0.2, -0.15) is 0 Å². The first-order valence-electron chi connectivity index (χ1n) is 10.2. The number of rotatable bonds is 6. The van der Waals surface area contributed by atoms with Gasteiger partial charge in [-0.25, -0.2) is 0 Å². The van der Waals surface area contributed by atoms with E-state index in [1.807, 2.05) is 36.2 Å². The van der Waals surface area contributed by atoms with Gasteiger partial charge in [0.25, 0.3) is 11.8 Å². The normalized spacial score (nSPS) is 17.4. The molecule has 2 aromatic rings. The lowest BCUT2D eigenvalue weighted by molar-refractivity contribution is 0.0719. The molecule has 1 saturated heterocycles. The van der Waals surface area contributed by atoms with Gasteiger partial charge in [0.1, 0.15) is 6.17 Å². The zero-order valence-corrected chi connectivity index (χ0v) is 17.6. The van der Waals surface area contributed by atoms with Gasteiger partial charge in [-0.15, -0.1) is 0 Å². The van der Waals surface area contributed by atoms with Gasteiger partial charge in [0.05, 0.1) is 25.5 Å². The standard InChI is InChI=1S/C23H27N3O4/c1-25-18-14-16(7-8-17(18)23(28)26-12-4-5-21(25)26)22(27)24-11-10-15-6-9-19(29-2)20(13-15)30-3/h6-9,13-14,21H,4-5,10-12H2,1-3H3,(H,24,27)/t21-/m0/s1. The van der Waals surface area contributed by atoms with Crippen molar-refractivity contribution in [3.63, 3.8) is 0 Å². The summed E-state index contributed by atoms with van der Waals surface area (Å²) in [5.74, 6) is 1.27. The van der Waals surface area contributed by atoms with Crippen LogP contribution in [0.1, 0.15) is 39.1 Å². The van der Waals surface area contributed by atoms with E-state index in [9.17, 15) is 9.59 Å². The summed E-state index contributed by atoms with van der Waals surface area (Å²) in [5, 5.41) is 2.97. The second-order valence-corrected chi connectivity index (χ2v) is 7.66. The summed E-state index contributed by atoms with van der Waals surface area (Å²) in [6, 6.07) is 11.1. The molecule has 2 heterocycles. The summed E-state index contributed by atoms with van der Waals surface area (Å²) in [5.41, 5.74) is 3.10. The van der Waals surface area contributed by atoms with E-state index in [1.54, 1.807) is 26.4 Å². The van der Waals surface area contributed by atoms with Crippen LogP contribution in [0.25, 0.3) is 0 Å². The lowest BCUT2D eigenvalue weighted by atomic mass is 10.0. The molecule has 0 aromatic heterocycles. The fourth-order valence-electron chi connectivity index (χ4n) is 4.31. The molecule has 158 valence electrons. The highest BCUT2D eigenvalue weighted by Gasteiger charge is 2.38. The third-order valence-corrected chi connectivity index (χ3v) is 5.95. The number of methoxy groups -OCH3 is 2. The highest BCUT2D eigenvalue weighted by atomic mass is 16.5. The van der Waals surface area contributed by atoms with Crippen LogP contribution in [0, 0.1) is 0 Å². The largest absolute Gasteiger partial charge is 0.493 e. The Morgan fingerprint density at radius 1 is 1.13 bits per heavy atom. The Bertz CT molecular complexity index is 975. The summed E-state index contributed by atoms with van der Waals surface area (Å²) in [7, 11) is 5.20. The second kappa shape index (κ2) is 8.26. The predicted molar refractivity (Wildman–Crippen MR) is 114 cm³/mol. The Balaban J connectivity index is 1.42. The van der Waals surface area contributed by atoms with Crippen molar-refractivity contribution in [2.75, 3.05) is 39.3 Å². The summed E-state index contributed by atoms with van der Waals surface area (Å²) >= 11 is 0. The second-order valence-electron chi connectivity index (χ2n) is 7.66. The molecule has 2 aliphatic heterocycles. The number of fused-ring (bicyclic) bond motifs is 2. The van der Waals surface area contributed by atoms with Crippen molar-refractivity contribution in [2.45, 2.75) is 25.4 Å². The van der Waals surface area contributed by atoms with Gasteiger partial charge in [0, 0.05) is 25.7 Å². The van der Waals surface area contributed by atoms with Gasteiger partial charge in [0.15, 0.2) is 11.5 Å². The first-order valence-corrected chi connectivity index (χ1v) is 10.2. The Kier molecular flexibility index (Phi) is 5.53. The number of carbonyl (C=O) groups is 2. The molecule has 0 radical (unpaired) electrons. The maximum absolute atomic E-state index is 12.7. The topological polar surface area (TPSA) is 71.1 Å². The molecule has 4 rings (SSSR count). The SMILES string of the molecule is COc1ccc(CCNC(=O)c2ccc3c(c2)N(C)[C@@H]2CCCN2C3=O)cc1OC. The van der Waals surface area contributed by atoms with Gasteiger partial charge >= 0.3 is 0 Å². The van der Waals surface area contributed by atoms with Crippen molar-refractivity contribution in [1.29, 1.82) is 0 Å². The Morgan fingerprint density at radius 2 is 1.93 bits per heavy atom. The number of benzene rings is 2. The minimum atomic E-state index is -0.145. The van der Waals surface area contributed by atoms with Gasteiger partial charge in [0.2, 0.25) is 0 Å². The third kappa shape index (κ3) is 3.56. The van der Waals surface area contributed by atoms with Crippen molar-refractivity contribution < 1.29 is 19.1 Å².